The molecule has 1 atom stereocenters. The molecule has 0 aliphatic carbocycles. The topological polar surface area (TPSA) is 66.6 Å². The number of carboxylic acids is 1. The van der Waals surface area contributed by atoms with E-state index in [1.54, 1.807) is 0 Å². The molecule has 21 heavy (non-hydrogen) atoms. The molecular weight excluding hydrogens is 311 g/mol. The number of hydrogen-bond donors (Lipinski definition) is 2. The molecule has 1 aromatic rings. The first-order valence-corrected chi connectivity index (χ1v) is 8.09. The Bertz CT molecular complexity index is 420. The summed E-state index contributed by atoms with van der Waals surface area (Å²) >= 11 is 11.6. The number of aliphatic carboxylic acids is 1. The summed E-state index contributed by atoms with van der Waals surface area (Å²) in [5, 5.41) is 8.73. The van der Waals surface area contributed by atoms with Crippen LogP contribution in [0.3, 0.4) is 0 Å². The van der Waals surface area contributed by atoms with Crippen LogP contribution >= 0.6 is 23.2 Å². The van der Waals surface area contributed by atoms with E-state index in [9.17, 15) is 4.79 Å². The average Bonchev–Trinajstić information content (AvgIpc) is 2.47. The van der Waals surface area contributed by atoms with Gasteiger partial charge >= 0.3 is 5.97 Å². The zero-order chi connectivity index (χ0) is 15.7. The lowest BCUT2D eigenvalue weighted by Gasteiger charge is -2.23. The molecule has 0 aliphatic rings. The number of hydrogen-bond acceptors (Lipinski definition) is 3. The number of nitrogens with zero attached hydrogens (tertiary/aromatic N) is 1. The van der Waals surface area contributed by atoms with E-state index in [-0.39, 0.29) is 0 Å². The van der Waals surface area contributed by atoms with E-state index in [0.717, 1.165) is 31.6 Å². The second-order valence-corrected chi connectivity index (χ2v) is 5.62. The van der Waals surface area contributed by atoms with Crippen LogP contribution < -0.4 is 10.6 Å². The third-order valence-corrected chi connectivity index (χ3v) is 3.65. The molecule has 0 radical (unpaired) electrons. The van der Waals surface area contributed by atoms with E-state index in [4.69, 9.17) is 34.0 Å². The first-order chi connectivity index (χ1) is 10.1. The molecule has 1 rings (SSSR count). The summed E-state index contributed by atoms with van der Waals surface area (Å²) < 4.78 is 0. The van der Waals surface area contributed by atoms with Crippen molar-refractivity contribution < 1.29 is 9.90 Å². The maximum atomic E-state index is 10.6. The van der Waals surface area contributed by atoms with Crippen molar-refractivity contribution in [2.75, 3.05) is 29.7 Å². The highest BCUT2D eigenvalue weighted by Gasteiger charge is 2.10. The number of halogens is 2. The Morgan fingerprint density at radius 2 is 1.76 bits per heavy atom. The Kier molecular flexibility index (Phi) is 8.50. The minimum Gasteiger partial charge on any atom is -0.480 e. The first-order valence-electron chi connectivity index (χ1n) is 7.02. The van der Waals surface area contributed by atoms with Gasteiger partial charge in [0.05, 0.1) is 0 Å². The van der Waals surface area contributed by atoms with Crippen molar-refractivity contribution in [1.82, 2.24) is 0 Å². The van der Waals surface area contributed by atoms with Gasteiger partial charge in [-0.3, -0.25) is 4.79 Å². The van der Waals surface area contributed by atoms with Gasteiger partial charge in [-0.05, 0) is 37.0 Å². The smallest absolute Gasteiger partial charge is 0.320 e. The quantitative estimate of drug-likeness (QED) is 0.646. The van der Waals surface area contributed by atoms with Crippen LogP contribution in [0.25, 0.3) is 0 Å². The SMILES string of the molecule is N[C@@H](CCCc1ccc(N(CCCl)CCCl)cc1)C(=O)O. The average molecular weight is 333 g/mol. The van der Waals surface area contributed by atoms with E-state index in [1.807, 2.05) is 12.1 Å². The monoisotopic (exact) mass is 332 g/mol. The second-order valence-electron chi connectivity index (χ2n) is 4.87. The zero-order valence-corrected chi connectivity index (χ0v) is 13.5. The summed E-state index contributed by atoms with van der Waals surface area (Å²) in [7, 11) is 0. The summed E-state index contributed by atoms with van der Waals surface area (Å²) in [6, 6.07) is 7.43. The molecule has 0 fully saturated rings. The van der Waals surface area contributed by atoms with Crippen LogP contribution in [0.4, 0.5) is 5.69 Å². The van der Waals surface area contributed by atoms with Crippen LogP contribution in [0, 0.1) is 0 Å². The Balaban J connectivity index is 2.51. The predicted molar refractivity (Wildman–Crippen MR) is 88.6 cm³/mol. The zero-order valence-electron chi connectivity index (χ0n) is 12.0. The summed E-state index contributed by atoms with van der Waals surface area (Å²) in [6.07, 6.45) is 2.08. The first kappa shape index (κ1) is 18.1. The largest absolute Gasteiger partial charge is 0.480 e. The molecule has 0 spiro atoms. The highest BCUT2D eigenvalue weighted by atomic mass is 35.5. The van der Waals surface area contributed by atoms with Crippen LogP contribution in [0.1, 0.15) is 18.4 Å². The number of rotatable bonds is 10. The van der Waals surface area contributed by atoms with E-state index in [2.05, 4.69) is 17.0 Å². The summed E-state index contributed by atoms with van der Waals surface area (Å²) in [6.45, 7) is 1.53. The van der Waals surface area contributed by atoms with Gasteiger partial charge in [-0.1, -0.05) is 12.1 Å². The van der Waals surface area contributed by atoms with Gasteiger partial charge in [-0.15, -0.1) is 23.2 Å². The third kappa shape index (κ3) is 6.55. The van der Waals surface area contributed by atoms with Crippen molar-refractivity contribution in [3.8, 4) is 0 Å². The minimum absolute atomic E-state index is 0.488. The van der Waals surface area contributed by atoms with Gasteiger partial charge in [-0.25, -0.2) is 0 Å². The summed E-state index contributed by atoms with van der Waals surface area (Å²) in [5.41, 5.74) is 7.75. The highest BCUT2D eigenvalue weighted by molar-refractivity contribution is 6.18. The van der Waals surface area contributed by atoms with Crippen LogP contribution in [0.15, 0.2) is 24.3 Å². The molecule has 0 heterocycles. The number of carbonyl (C=O) groups is 1. The molecule has 3 N–H and O–H groups in total. The number of anilines is 1. The van der Waals surface area contributed by atoms with Crippen molar-refractivity contribution in [3.63, 3.8) is 0 Å². The van der Waals surface area contributed by atoms with Gasteiger partial charge in [0.2, 0.25) is 0 Å². The molecule has 1 aromatic carbocycles. The molecule has 0 amide bonds. The molecule has 0 aromatic heterocycles. The van der Waals surface area contributed by atoms with Crippen molar-refractivity contribution in [1.29, 1.82) is 0 Å². The molecule has 0 bridgehead atoms. The standard InChI is InChI=1S/C15H22Cl2N2O2/c16-8-10-19(11-9-17)13-6-4-12(5-7-13)2-1-3-14(18)15(20)21/h4-7,14H,1-3,8-11,18H2,(H,20,21)/t14-/m0/s1. The van der Waals surface area contributed by atoms with Crippen molar-refractivity contribution in [2.24, 2.45) is 5.73 Å². The van der Waals surface area contributed by atoms with Gasteiger partial charge < -0.3 is 15.7 Å². The maximum absolute atomic E-state index is 10.6. The van der Waals surface area contributed by atoms with Gasteiger partial charge in [0.15, 0.2) is 0 Å². The van der Waals surface area contributed by atoms with Gasteiger partial charge in [0.1, 0.15) is 6.04 Å². The molecule has 118 valence electrons. The predicted octanol–water partition coefficient (Wildman–Crippen LogP) is 2.71. The van der Waals surface area contributed by atoms with E-state index in [0.29, 0.717) is 18.2 Å². The van der Waals surface area contributed by atoms with Crippen LogP contribution in [0.5, 0.6) is 0 Å². The molecule has 0 saturated heterocycles. The van der Waals surface area contributed by atoms with Crippen LogP contribution in [0.2, 0.25) is 0 Å². The molecule has 0 aliphatic heterocycles. The van der Waals surface area contributed by atoms with Crippen LogP contribution in [-0.4, -0.2) is 42.0 Å². The molecule has 4 nitrogen and oxygen atoms in total. The number of benzene rings is 1. The lowest BCUT2D eigenvalue weighted by atomic mass is 10.0. The molecule has 0 saturated carbocycles. The van der Waals surface area contributed by atoms with E-state index >= 15 is 0 Å². The fraction of sp³-hybridized carbons (Fsp3) is 0.533. The lowest BCUT2D eigenvalue weighted by Crippen LogP contribution is -2.29. The van der Waals surface area contributed by atoms with Crippen molar-refractivity contribution in [3.05, 3.63) is 29.8 Å². The Hall–Kier alpha value is -0.970. The Morgan fingerprint density at radius 3 is 2.24 bits per heavy atom. The van der Waals surface area contributed by atoms with Crippen molar-refractivity contribution in [2.45, 2.75) is 25.3 Å². The van der Waals surface area contributed by atoms with Crippen LogP contribution in [-0.2, 0) is 11.2 Å². The summed E-state index contributed by atoms with van der Waals surface area (Å²) in [4.78, 5) is 12.8. The summed E-state index contributed by atoms with van der Waals surface area (Å²) in [5.74, 6) is 0.181. The number of alkyl halides is 2. The van der Waals surface area contributed by atoms with Gasteiger partial charge in [0.25, 0.3) is 0 Å². The van der Waals surface area contributed by atoms with E-state index in [1.165, 1.54) is 5.56 Å². The normalized spacial score (nSPS) is 12.1. The Labute approximate surface area is 135 Å². The number of nitrogens with two attached hydrogens (primary N) is 1. The van der Waals surface area contributed by atoms with Gasteiger partial charge in [0, 0.05) is 30.5 Å². The van der Waals surface area contributed by atoms with Crippen molar-refractivity contribution >= 4 is 34.9 Å². The number of carboxylic acid groups (broad SMARTS) is 1. The molecule has 0 unspecified atom stereocenters. The fourth-order valence-corrected chi connectivity index (χ4v) is 2.51. The molecule has 6 heteroatoms. The maximum Gasteiger partial charge on any atom is 0.320 e. The Morgan fingerprint density at radius 1 is 1.19 bits per heavy atom. The lowest BCUT2D eigenvalue weighted by molar-refractivity contribution is -0.138. The highest BCUT2D eigenvalue weighted by Crippen LogP contribution is 2.17. The number of aryl methyl sites for hydroxylation is 1. The van der Waals surface area contributed by atoms with Gasteiger partial charge in [-0.2, -0.15) is 0 Å². The molecular formula is C15H22Cl2N2O2. The second kappa shape index (κ2) is 9.87. The fourth-order valence-electron chi connectivity index (χ4n) is 2.10. The minimum atomic E-state index is -0.942. The third-order valence-electron chi connectivity index (χ3n) is 3.31. The van der Waals surface area contributed by atoms with E-state index < -0.39 is 12.0 Å².